The molecule has 1 atom stereocenters. The molecule has 0 aliphatic carbocycles. The van der Waals surface area contributed by atoms with Crippen molar-refractivity contribution in [2.75, 3.05) is 20.2 Å². The van der Waals surface area contributed by atoms with E-state index in [1.165, 1.54) is 13.2 Å². The Labute approximate surface area is 107 Å². The van der Waals surface area contributed by atoms with E-state index >= 15 is 0 Å². The van der Waals surface area contributed by atoms with Crippen LogP contribution in [0.1, 0.15) is 30.1 Å². The van der Waals surface area contributed by atoms with Gasteiger partial charge in [0.1, 0.15) is 17.1 Å². The fourth-order valence-electron chi connectivity index (χ4n) is 2.44. The number of phenols is 1. The molecule has 1 saturated heterocycles. The van der Waals surface area contributed by atoms with Crippen LogP contribution in [0.3, 0.4) is 0 Å². The molecule has 1 aliphatic heterocycles. The first kappa shape index (κ1) is 12.7. The Bertz CT molecular complexity index is 445. The maximum absolute atomic E-state index is 12.4. The molecule has 1 aromatic carbocycles. The molecule has 1 aliphatic rings. The molecule has 4 heteroatoms. The molecule has 0 radical (unpaired) electrons. The second-order valence-electron chi connectivity index (χ2n) is 4.85. The van der Waals surface area contributed by atoms with Crippen molar-refractivity contribution in [1.82, 2.24) is 4.90 Å². The zero-order valence-electron chi connectivity index (χ0n) is 10.8. The van der Waals surface area contributed by atoms with E-state index in [-0.39, 0.29) is 17.2 Å². The fourth-order valence-corrected chi connectivity index (χ4v) is 2.44. The maximum Gasteiger partial charge on any atom is 0.261 e. The molecule has 18 heavy (non-hydrogen) atoms. The number of phenolic OH excluding ortho intramolecular Hbond substituents is 1. The van der Waals surface area contributed by atoms with Gasteiger partial charge in [0.15, 0.2) is 0 Å². The van der Waals surface area contributed by atoms with Gasteiger partial charge >= 0.3 is 0 Å². The highest BCUT2D eigenvalue weighted by atomic mass is 16.5. The summed E-state index contributed by atoms with van der Waals surface area (Å²) in [6.45, 7) is 3.64. The predicted molar refractivity (Wildman–Crippen MR) is 69.0 cm³/mol. The number of piperidine rings is 1. The highest BCUT2D eigenvalue weighted by Gasteiger charge is 2.26. The predicted octanol–water partition coefficient (Wildman–Crippen LogP) is 2.27. The minimum Gasteiger partial charge on any atom is -0.507 e. The van der Waals surface area contributed by atoms with Crippen molar-refractivity contribution in [1.29, 1.82) is 0 Å². The minimum absolute atomic E-state index is 0.0161. The van der Waals surface area contributed by atoms with Crippen LogP contribution in [0.4, 0.5) is 0 Å². The number of carbonyl (C=O) groups excluding carboxylic acids is 1. The van der Waals surface area contributed by atoms with Gasteiger partial charge in [0, 0.05) is 13.1 Å². The summed E-state index contributed by atoms with van der Waals surface area (Å²) in [6, 6.07) is 4.88. The number of methoxy groups -OCH3 is 1. The Kier molecular flexibility index (Phi) is 3.75. The molecule has 1 N–H and O–H groups in total. The van der Waals surface area contributed by atoms with E-state index in [0.717, 1.165) is 25.9 Å². The summed E-state index contributed by atoms with van der Waals surface area (Å²) in [5, 5.41) is 9.86. The normalized spacial score (nSPS) is 19.7. The van der Waals surface area contributed by atoms with Gasteiger partial charge in [-0.05, 0) is 30.9 Å². The molecule has 1 heterocycles. The number of hydrogen-bond acceptors (Lipinski definition) is 3. The van der Waals surface area contributed by atoms with Gasteiger partial charge in [0.05, 0.1) is 7.11 Å². The van der Waals surface area contributed by atoms with Crippen LogP contribution in [-0.4, -0.2) is 36.1 Å². The Balaban J connectivity index is 2.28. The second kappa shape index (κ2) is 5.29. The summed E-state index contributed by atoms with van der Waals surface area (Å²) >= 11 is 0. The SMILES string of the molecule is COc1cccc(O)c1C(=O)N1CCCC(C)C1. The molecule has 1 amide bonds. The van der Waals surface area contributed by atoms with Crippen LogP contribution in [0.2, 0.25) is 0 Å². The zero-order valence-corrected chi connectivity index (χ0v) is 10.8. The van der Waals surface area contributed by atoms with Crippen LogP contribution in [0.15, 0.2) is 18.2 Å². The number of carbonyl (C=O) groups is 1. The van der Waals surface area contributed by atoms with Gasteiger partial charge in [-0.2, -0.15) is 0 Å². The molecular weight excluding hydrogens is 230 g/mol. The standard InChI is InChI=1S/C14H19NO3/c1-10-5-4-8-15(9-10)14(17)13-11(16)6-3-7-12(13)18-2/h3,6-7,10,16H,4-5,8-9H2,1-2H3. The summed E-state index contributed by atoms with van der Waals surface area (Å²) in [5.41, 5.74) is 0.272. The minimum atomic E-state index is -0.142. The Morgan fingerprint density at radius 3 is 2.94 bits per heavy atom. The largest absolute Gasteiger partial charge is 0.507 e. The number of ether oxygens (including phenoxy) is 1. The Morgan fingerprint density at radius 2 is 2.28 bits per heavy atom. The number of likely N-dealkylation sites (tertiary alicyclic amines) is 1. The monoisotopic (exact) mass is 249 g/mol. The Morgan fingerprint density at radius 1 is 1.50 bits per heavy atom. The van der Waals surface area contributed by atoms with Crippen molar-refractivity contribution in [3.8, 4) is 11.5 Å². The first-order valence-electron chi connectivity index (χ1n) is 6.28. The molecule has 1 fully saturated rings. The van der Waals surface area contributed by atoms with Gasteiger partial charge in [-0.3, -0.25) is 4.79 Å². The first-order chi connectivity index (χ1) is 8.63. The van der Waals surface area contributed by atoms with E-state index in [1.807, 2.05) is 0 Å². The molecule has 0 saturated carbocycles. The van der Waals surface area contributed by atoms with Crippen molar-refractivity contribution in [3.63, 3.8) is 0 Å². The van der Waals surface area contributed by atoms with Gasteiger partial charge in [-0.1, -0.05) is 13.0 Å². The third-order valence-electron chi connectivity index (χ3n) is 3.38. The summed E-state index contributed by atoms with van der Waals surface area (Å²) < 4.78 is 5.16. The molecule has 4 nitrogen and oxygen atoms in total. The molecule has 2 rings (SSSR count). The van der Waals surface area contributed by atoms with Crippen molar-refractivity contribution in [2.24, 2.45) is 5.92 Å². The van der Waals surface area contributed by atoms with Gasteiger partial charge in [-0.15, -0.1) is 0 Å². The van der Waals surface area contributed by atoms with Gasteiger partial charge in [0.2, 0.25) is 0 Å². The smallest absolute Gasteiger partial charge is 0.261 e. The lowest BCUT2D eigenvalue weighted by Crippen LogP contribution is -2.39. The van der Waals surface area contributed by atoms with Gasteiger partial charge in [0.25, 0.3) is 5.91 Å². The quantitative estimate of drug-likeness (QED) is 0.874. The van der Waals surface area contributed by atoms with E-state index in [9.17, 15) is 9.90 Å². The van der Waals surface area contributed by atoms with Crippen LogP contribution in [0, 0.1) is 5.92 Å². The highest BCUT2D eigenvalue weighted by Crippen LogP contribution is 2.30. The zero-order chi connectivity index (χ0) is 13.1. The highest BCUT2D eigenvalue weighted by molar-refractivity contribution is 5.99. The lowest BCUT2D eigenvalue weighted by molar-refractivity contribution is 0.0676. The summed E-state index contributed by atoms with van der Waals surface area (Å²) in [6.07, 6.45) is 2.17. The average Bonchev–Trinajstić information content (AvgIpc) is 2.37. The molecule has 98 valence electrons. The molecule has 0 spiro atoms. The lowest BCUT2D eigenvalue weighted by Gasteiger charge is -2.31. The topological polar surface area (TPSA) is 49.8 Å². The third-order valence-corrected chi connectivity index (χ3v) is 3.38. The van der Waals surface area contributed by atoms with Crippen LogP contribution < -0.4 is 4.74 Å². The number of amides is 1. The average molecular weight is 249 g/mol. The van der Waals surface area contributed by atoms with Crippen LogP contribution >= 0.6 is 0 Å². The van der Waals surface area contributed by atoms with Gasteiger partial charge in [-0.25, -0.2) is 0 Å². The molecule has 0 bridgehead atoms. The van der Waals surface area contributed by atoms with Crippen molar-refractivity contribution in [2.45, 2.75) is 19.8 Å². The molecule has 0 aromatic heterocycles. The number of hydrogen-bond donors (Lipinski definition) is 1. The van der Waals surface area contributed by atoms with E-state index in [0.29, 0.717) is 11.7 Å². The maximum atomic E-state index is 12.4. The Hall–Kier alpha value is -1.71. The van der Waals surface area contributed by atoms with E-state index < -0.39 is 0 Å². The number of nitrogens with zero attached hydrogens (tertiary/aromatic N) is 1. The van der Waals surface area contributed by atoms with Crippen LogP contribution in [0.25, 0.3) is 0 Å². The van der Waals surface area contributed by atoms with Gasteiger partial charge < -0.3 is 14.7 Å². The number of rotatable bonds is 2. The summed E-state index contributed by atoms with van der Waals surface area (Å²) in [4.78, 5) is 14.2. The third kappa shape index (κ3) is 2.42. The number of aromatic hydroxyl groups is 1. The van der Waals surface area contributed by atoms with Crippen molar-refractivity contribution in [3.05, 3.63) is 23.8 Å². The van der Waals surface area contributed by atoms with E-state index in [1.54, 1.807) is 17.0 Å². The van der Waals surface area contributed by atoms with Crippen molar-refractivity contribution < 1.29 is 14.6 Å². The summed E-state index contributed by atoms with van der Waals surface area (Å²) in [5.74, 6) is 0.784. The molecule has 1 unspecified atom stereocenters. The first-order valence-corrected chi connectivity index (χ1v) is 6.28. The van der Waals surface area contributed by atoms with E-state index in [2.05, 4.69) is 6.92 Å². The fraction of sp³-hybridized carbons (Fsp3) is 0.500. The molecular formula is C14H19NO3. The number of benzene rings is 1. The van der Waals surface area contributed by atoms with Crippen molar-refractivity contribution >= 4 is 5.91 Å². The van der Waals surface area contributed by atoms with Crippen LogP contribution in [-0.2, 0) is 0 Å². The van der Waals surface area contributed by atoms with E-state index in [4.69, 9.17) is 4.74 Å². The van der Waals surface area contributed by atoms with Crippen LogP contribution in [0.5, 0.6) is 11.5 Å². The second-order valence-corrected chi connectivity index (χ2v) is 4.85. The lowest BCUT2D eigenvalue weighted by atomic mass is 9.99. The molecule has 1 aromatic rings. The summed E-state index contributed by atoms with van der Waals surface area (Å²) in [7, 11) is 1.50.